The number of ether oxygens (including phenoxy) is 2. The molecule has 0 atom stereocenters. The molecule has 1 aromatic carbocycles. The average molecular weight is 256 g/mol. The molecule has 0 N–H and O–H groups in total. The lowest BCUT2D eigenvalue weighted by Crippen LogP contribution is -2.01. The van der Waals surface area contributed by atoms with Gasteiger partial charge in [0, 0.05) is 0 Å². The quantitative estimate of drug-likeness (QED) is 0.760. The van der Waals surface area contributed by atoms with Gasteiger partial charge in [-0.05, 0) is 24.6 Å². The lowest BCUT2D eigenvalue weighted by molar-refractivity contribution is -0.142. The molecule has 0 unspecified atom stereocenters. The smallest absolute Gasteiger partial charge is 0.309 e. The van der Waals surface area contributed by atoms with Crippen molar-refractivity contribution in [1.82, 2.24) is 0 Å². The van der Waals surface area contributed by atoms with E-state index in [4.69, 9.17) is 4.74 Å². The number of methoxy groups -OCH3 is 1. The van der Waals surface area contributed by atoms with Crippen LogP contribution in [0, 0.1) is 11.6 Å². The fraction of sp³-hybridized carbons (Fsp3) is 0.308. The van der Waals surface area contributed by atoms with Gasteiger partial charge in [-0.1, -0.05) is 12.2 Å². The van der Waals surface area contributed by atoms with Gasteiger partial charge in [0.25, 0.3) is 0 Å². The Balaban J connectivity index is 2.74. The zero-order valence-corrected chi connectivity index (χ0v) is 10.2. The van der Waals surface area contributed by atoms with Crippen LogP contribution in [0.3, 0.4) is 0 Å². The Morgan fingerprint density at radius 1 is 1.33 bits per heavy atom. The Bertz CT molecular complexity index is 433. The van der Waals surface area contributed by atoms with Crippen molar-refractivity contribution in [2.75, 3.05) is 13.7 Å². The molecule has 1 aromatic rings. The minimum Gasteiger partial charge on any atom is -0.491 e. The van der Waals surface area contributed by atoms with Crippen LogP contribution in [0.15, 0.2) is 18.2 Å². The summed E-state index contributed by atoms with van der Waals surface area (Å²) < 4.78 is 35.9. The molecule has 0 aliphatic carbocycles. The highest BCUT2D eigenvalue weighted by Crippen LogP contribution is 2.23. The van der Waals surface area contributed by atoms with Crippen LogP contribution >= 0.6 is 0 Å². The van der Waals surface area contributed by atoms with E-state index in [1.807, 2.05) is 0 Å². The van der Waals surface area contributed by atoms with Gasteiger partial charge >= 0.3 is 5.97 Å². The topological polar surface area (TPSA) is 35.5 Å². The van der Waals surface area contributed by atoms with Crippen LogP contribution < -0.4 is 4.74 Å². The van der Waals surface area contributed by atoms with Gasteiger partial charge < -0.3 is 9.47 Å². The number of hydrogen-bond acceptors (Lipinski definition) is 3. The molecule has 0 heterocycles. The Morgan fingerprint density at radius 3 is 2.44 bits per heavy atom. The summed E-state index contributed by atoms with van der Waals surface area (Å²) in [6, 6.07) is 2.26. The fourth-order valence-electron chi connectivity index (χ4n) is 1.38. The largest absolute Gasteiger partial charge is 0.491 e. The number of benzene rings is 1. The van der Waals surface area contributed by atoms with Crippen LogP contribution in [0.2, 0.25) is 0 Å². The van der Waals surface area contributed by atoms with E-state index in [9.17, 15) is 13.6 Å². The van der Waals surface area contributed by atoms with Crippen LogP contribution in [0.1, 0.15) is 18.9 Å². The van der Waals surface area contributed by atoms with E-state index in [-0.39, 0.29) is 12.4 Å². The maximum atomic E-state index is 13.3. The van der Waals surface area contributed by atoms with Crippen molar-refractivity contribution in [3.63, 3.8) is 0 Å². The molecule has 0 spiro atoms. The van der Waals surface area contributed by atoms with Crippen molar-refractivity contribution < 1.29 is 23.0 Å². The summed E-state index contributed by atoms with van der Waals surface area (Å²) in [6.45, 7) is 2.01. The monoisotopic (exact) mass is 256 g/mol. The average Bonchev–Trinajstić information content (AvgIpc) is 2.29. The molecule has 0 saturated heterocycles. The molecular formula is C13H14F2O3. The highest BCUT2D eigenvalue weighted by atomic mass is 19.1. The third kappa shape index (κ3) is 3.84. The van der Waals surface area contributed by atoms with Crippen molar-refractivity contribution in [2.24, 2.45) is 0 Å². The van der Waals surface area contributed by atoms with E-state index >= 15 is 0 Å². The molecule has 18 heavy (non-hydrogen) atoms. The minimum absolute atomic E-state index is 0.0586. The first-order chi connectivity index (χ1) is 8.58. The molecule has 0 aromatic heterocycles. The van der Waals surface area contributed by atoms with E-state index in [1.54, 1.807) is 6.92 Å². The van der Waals surface area contributed by atoms with Crippen molar-refractivity contribution in [3.8, 4) is 5.75 Å². The standard InChI is InChI=1S/C13H14F2O3/c1-3-18-12(16)6-4-5-9-7-10(14)13(17-2)11(15)8-9/h4-5,7-8H,3,6H2,1-2H3. The van der Waals surface area contributed by atoms with E-state index in [1.165, 1.54) is 19.3 Å². The summed E-state index contributed by atoms with van der Waals surface area (Å²) >= 11 is 0. The second-order valence-corrected chi connectivity index (χ2v) is 3.43. The number of carbonyl (C=O) groups excluding carboxylic acids is 1. The molecule has 0 radical (unpaired) electrons. The highest BCUT2D eigenvalue weighted by Gasteiger charge is 2.10. The molecule has 5 heteroatoms. The Morgan fingerprint density at radius 2 is 1.94 bits per heavy atom. The molecule has 0 bridgehead atoms. The number of rotatable bonds is 5. The van der Waals surface area contributed by atoms with Crippen molar-refractivity contribution in [2.45, 2.75) is 13.3 Å². The molecular weight excluding hydrogens is 242 g/mol. The summed E-state index contributed by atoms with van der Waals surface area (Å²) in [5.41, 5.74) is 0.315. The van der Waals surface area contributed by atoms with Gasteiger partial charge in [-0.3, -0.25) is 4.79 Å². The third-order valence-corrected chi connectivity index (χ3v) is 2.12. The molecule has 3 nitrogen and oxygen atoms in total. The van der Waals surface area contributed by atoms with Gasteiger partial charge in [-0.25, -0.2) is 8.78 Å². The zero-order valence-electron chi connectivity index (χ0n) is 10.2. The van der Waals surface area contributed by atoms with Gasteiger partial charge in [0.1, 0.15) is 0 Å². The number of carbonyl (C=O) groups is 1. The van der Waals surface area contributed by atoms with Crippen molar-refractivity contribution in [3.05, 3.63) is 35.4 Å². The second-order valence-electron chi connectivity index (χ2n) is 3.43. The molecule has 98 valence electrons. The predicted octanol–water partition coefficient (Wildman–Crippen LogP) is 2.94. The van der Waals surface area contributed by atoms with Crippen LogP contribution in [0.5, 0.6) is 5.75 Å². The van der Waals surface area contributed by atoms with Gasteiger partial charge in [-0.15, -0.1) is 0 Å². The molecule has 0 saturated carbocycles. The molecule has 0 aliphatic heterocycles. The van der Waals surface area contributed by atoms with Crippen LogP contribution in [0.25, 0.3) is 6.08 Å². The number of hydrogen-bond donors (Lipinski definition) is 0. The Hall–Kier alpha value is -1.91. The minimum atomic E-state index is -0.784. The molecule has 1 rings (SSSR count). The first-order valence-electron chi connectivity index (χ1n) is 5.43. The maximum Gasteiger partial charge on any atom is 0.309 e. The summed E-state index contributed by atoms with van der Waals surface area (Å²) in [5.74, 6) is -2.37. The lowest BCUT2D eigenvalue weighted by atomic mass is 10.1. The molecule has 0 amide bonds. The Kier molecular flexibility index (Phi) is 5.30. The first-order valence-corrected chi connectivity index (χ1v) is 5.43. The zero-order chi connectivity index (χ0) is 13.5. The summed E-state index contributed by atoms with van der Waals surface area (Å²) in [7, 11) is 1.19. The number of halogens is 2. The SMILES string of the molecule is CCOC(=O)CC=Cc1cc(F)c(OC)c(F)c1. The van der Waals surface area contributed by atoms with Gasteiger partial charge in [0.2, 0.25) is 0 Å². The highest BCUT2D eigenvalue weighted by molar-refractivity contribution is 5.72. The predicted molar refractivity (Wildman–Crippen MR) is 63.2 cm³/mol. The fourth-order valence-corrected chi connectivity index (χ4v) is 1.38. The van der Waals surface area contributed by atoms with Gasteiger partial charge in [0.15, 0.2) is 17.4 Å². The summed E-state index contributed by atoms with van der Waals surface area (Å²) in [5, 5.41) is 0. The normalized spacial score (nSPS) is 10.7. The van der Waals surface area contributed by atoms with E-state index in [2.05, 4.69) is 4.74 Å². The van der Waals surface area contributed by atoms with Crippen molar-refractivity contribution in [1.29, 1.82) is 0 Å². The van der Waals surface area contributed by atoms with E-state index in [0.29, 0.717) is 12.2 Å². The van der Waals surface area contributed by atoms with E-state index < -0.39 is 17.4 Å². The second kappa shape index (κ2) is 6.74. The molecule has 0 fully saturated rings. The van der Waals surface area contributed by atoms with E-state index in [0.717, 1.165) is 12.1 Å². The summed E-state index contributed by atoms with van der Waals surface area (Å²) in [4.78, 5) is 11.0. The van der Waals surface area contributed by atoms with Crippen molar-refractivity contribution >= 4 is 12.0 Å². The van der Waals surface area contributed by atoms with Crippen LogP contribution in [-0.4, -0.2) is 19.7 Å². The Labute approximate surface area is 104 Å². The van der Waals surface area contributed by atoms with Gasteiger partial charge in [0.05, 0.1) is 20.1 Å². The number of esters is 1. The maximum absolute atomic E-state index is 13.3. The lowest BCUT2D eigenvalue weighted by Gasteiger charge is -2.04. The molecule has 0 aliphatic rings. The first kappa shape index (κ1) is 14.2. The van der Waals surface area contributed by atoms with Gasteiger partial charge in [-0.2, -0.15) is 0 Å². The van der Waals surface area contributed by atoms with Crippen LogP contribution in [-0.2, 0) is 9.53 Å². The summed E-state index contributed by atoms with van der Waals surface area (Å²) in [6.07, 6.45) is 2.99. The van der Waals surface area contributed by atoms with Crippen LogP contribution in [0.4, 0.5) is 8.78 Å². The third-order valence-electron chi connectivity index (χ3n) is 2.12.